The molecule has 0 saturated heterocycles. The third kappa shape index (κ3) is 3.93. The van der Waals surface area contributed by atoms with Gasteiger partial charge in [0.2, 0.25) is 0 Å². The van der Waals surface area contributed by atoms with Crippen LogP contribution in [0.15, 0.2) is 12.1 Å². The maximum atomic E-state index is 10.5. The van der Waals surface area contributed by atoms with Crippen LogP contribution in [-0.2, 0) is 6.42 Å². The molecule has 0 spiro atoms. The molecule has 3 nitrogen and oxygen atoms in total. The van der Waals surface area contributed by atoms with Gasteiger partial charge < -0.3 is 5.11 Å². The molecule has 0 aliphatic heterocycles. The number of rotatable bonds is 7. The van der Waals surface area contributed by atoms with Crippen LogP contribution in [-0.4, -0.2) is 15.1 Å². The van der Waals surface area contributed by atoms with Crippen molar-refractivity contribution in [2.45, 2.75) is 65.7 Å². The summed E-state index contributed by atoms with van der Waals surface area (Å²) in [6.07, 6.45) is 8.46. The lowest BCUT2D eigenvalue weighted by molar-refractivity contribution is 0.470. The van der Waals surface area contributed by atoms with E-state index in [2.05, 4.69) is 16.9 Å². The van der Waals surface area contributed by atoms with Crippen LogP contribution in [0.4, 0.5) is 0 Å². The molecule has 21 heavy (non-hydrogen) atoms. The fourth-order valence-electron chi connectivity index (χ4n) is 2.75. The molecule has 0 radical (unpaired) electrons. The number of hydrogen-bond donors (Lipinski definition) is 1. The van der Waals surface area contributed by atoms with Crippen molar-refractivity contribution in [3.05, 3.63) is 29.1 Å². The van der Waals surface area contributed by atoms with Gasteiger partial charge in [0.1, 0.15) is 5.75 Å². The third-order valence-electron chi connectivity index (χ3n) is 4.05. The second-order valence-corrected chi connectivity index (χ2v) is 5.87. The Morgan fingerprint density at radius 2 is 1.67 bits per heavy atom. The van der Waals surface area contributed by atoms with Crippen LogP contribution < -0.4 is 0 Å². The Kier molecular flexibility index (Phi) is 5.54. The molecule has 0 aromatic carbocycles. The normalized spacial score (nSPS) is 11.2. The molecule has 2 heterocycles. The number of aromatic nitrogens is 2. The summed E-state index contributed by atoms with van der Waals surface area (Å²) in [6, 6.07) is 3.85. The monoisotopic (exact) mass is 286 g/mol. The van der Waals surface area contributed by atoms with E-state index in [0.29, 0.717) is 11.4 Å². The van der Waals surface area contributed by atoms with Crippen molar-refractivity contribution in [2.75, 3.05) is 0 Å². The first-order valence-electron chi connectivity index (χ1n) is 8.09. The molecule has 0 atom stereocenters. The zero-order valence-corrected chi connectivity index (χ0v) is 13.4. The SMILES string of the molecule is CCCCCCCCc1c(C)nc2nc(C)ccc2c1O. The number of fused-ring (bicyclic) bond motifs is 1. The first-order valence-corrected chi connectivity index (χ1v) is 8.09. The van der Waals surface area contributed by atoms with Crippen molar-refractivity contribution in [1.82, 2.24) is 9.97 Å². The summed E-state index contributed by atoms with van der Waals surface area (Å²) >= 11 is 0. The van der Waals surface area contributed by atoms with Gasteiger partial charge in [0.25, 0.3) is 0 Å². The Balaban J connectivity index is 2.07. The van der Waals surface area contributed by atoms with Crippen LogP contribution in [0.25, 0.3) is 11.0 Å². The summed E-state index contributed by atoms with van der Waals surface area (Å²) in [4.78, 5) is 8.95. The molecule has 0 amide bonds. The Labute approximate surface area is 127 Å². The van der Waals surface area contributed by atoms with E-state index in [4.69, 9.17) is 0 Å². The van der Waals surface area contributed by atoms with Crippen molar-refractivity contribution in [3.63, 3.8) is 0 Å². The quantitative estimate of drug-likeness (QED) is 0.740. The average Bonchev–Trinajstić information content (AvgIpc) is 2.45. The first-order chi connectivity index (χ1) is 10.1. The molecular formula is C18H26N2O. The Hall–Kier alpha value is -1.64. The van der Waals surface area contributed by atoms with E-state index in [1.807, 2.05) is 26.0 Å². The highest BCUT2D eigenvalue weighted by Gasteiger charge is 2.12. The molecule has 114 valence electrons. The molecule has 0 unspecified atom stereocenters. The van der Waals surface area contributed by atoms with Gasteiger partial charge in [-0.15, -0.1) is 0 Å². The van der Waals surface area contributed by atoms with Gasteiger partial charge in [-0.25, -0.2) is 9.97 Å². The van der Waals surface area contributed by atoms with Gasteiger partial charge in [-0.1, -0.05) is 39.0 Å². The zero-order valence-electron chi connectivity index (χ0n) is 13.4. The van der Waals surface area contributed by atoms with Crippen molar-refractivity contribution in [3.8, 4) is 5.75 Å². The molecule has 2 rings (SSSR count). The summed E-state index contributed by atoms with van der Waals surface area (Å²) in [7, 11) is 0. The van der Waals surface area contributed by atoms with Crippen LogP contribution in [0.2, 0.25) is 0 Å². The van der Waals surface area contributed by atoms with Crippen LogP contribution in [0.1, 0.15) is 62.4 Å². The largest absolute Gasteiger partial charge is 0.507 e. The predicted molar refractivity (Wildman–Crippen MR) is 87.8 cm³/mol. The van der Waals surface area contributed by atoms with Gasteiger partial charge in [0, 0.05) is 17.0 Å². The van der Waals surface area contributed by atoms with Gasteiger partial charge in [-0.2, -0.15) is 0 Å². The van der Waals surface area contributed by atoms with Crippen molar-refractivity contribution in [1.29, 1.82) is 0 Å². The molecule has 1 N–H and O–H groups in total. The highest BCUT2D eigenvalue weighted by Crippen LogP contribution is 2.30. The van der Waals surface area contributed by atoms with E-state index >= 15 is 0 Å². The third-order valence-corrected chi connectivity index (χ3v) is 4.05. The highest BCUT2D eigenvalue weighted by atomic mass is 16.3. The molecule has 2 aromatic heterocycles. The fourth-order valence-corrected chi connectivity index (χ4v) is 2.75. The second-order valence-electron chi connectivity index (χ2n) is 5.87. The Morgan fingerprint density at radius 3 is 2.43 bits per heavy atom. The fraction of sp³-hybridized carbons (Fsp3) is 0.556. The molecule has 0 fully saturated rings. The average molecular weight is 286 g/mol. The van der Waals surface area contributed by atoms with Gasteiger partial charge in [-0.05, 0) is 38.8 Å². The number of unbranched alkanes of at least 4 members (excludes halogenated alkanes) is 5. The molecule has 0 saturated carbocycles. The molecule has 3 heteroatoms. The number of aromatic hydroxyl groups is 1. The lowest BCUT2D eigenvalue weighted by Crippen LogP contribution is -1.98. The molecular weight excluding hydrogens is 260 g/mol. The predicted octanol–water partition coefficient (Wildman–Crippen LogP) is 4.86. The summed E-state index contributed by atoms with van der Waals surface area (Å²) in [5.74, 6) is 0.374. The second kappa shape index (κ2) is 7.39. The minimum absolute atomic E-state index is 0.374. The number of hydrogen-bond acceptors (Lipinski definition) is 3. The molecule has 0 aliphatic carbocycles. The van der Waals surface area contributed by atoms with Crippen LogP contribution in [0.5, 0.6) is 5.75 Å². The van der Waals surface area contributed by atoms with Crippen molar-refractivity contribution in [2.24, 2.45) is 0 Å². The summed E-state index contributed by atoms with van der Waals surface area (Å²) in [5, 5.41) is 11.3. The summed E-state index contributed by atoms with van der Waals surface area (Å²) in [5.41, 5.74) is 3.48. The summed E-state index contributed by atoms with van der Waals surface area (Å²) < 4.78 is 0. The maximum Gasteiger partial charge on any atom is 0.163 e. The topological polar surface area (TPSA) is 46.0 Å². The van der Waals surface area contributed by atoms with E-state index in [1.165, 1.54) is 32.1 Å². The molecule has 2 aromatic rings. The molecule has 0 aliphatic rings. The standard InChI is InChI=1S/C18H26N2O/c1-4-5-6-7-8-9-10-15-14(3)20-18-16(17(15)21)12-11-13(2)19-18/h11-12H,4-10H2,1-3H3,(H,19,20,21). The Bertz CT molecular complexity index is 608. The van der Waals surface area contributed by atoms with E-state index < -0.39 is 0 Å². The van der Waals surface area contributed by atoms with Gasteiger partial charge in [0.15, 0.2) is 5.65 Å². The van der Waals surface area contributed by atoms with E-state index in [-0.39, 0.29) is 0 Å². The van der Waals surface area contributed by atoms with Gasteiger partial charge >= 0.3 is 0 Å². The van der Waals surface area contributed by atoms with E-state index in [1.54, 1.807) is 0 Å². The lowest BCUT2D eigenvalue weighted by atomic mass is 10.0. The first kappa shape index (κ1) is 15.7. The number of aryl methyl sites for hydroxylation is 2. The minimum Gasteiger partial charge on any atom is -0.507 e. The van der Waals surface area contributed by atoms with Crippen LogP contribution >= 0.6 is 0 Å². The smallest absolute Gasteiger partial charge is 0.163 e. The lowest BCUT2D eigenvalue weighted by Gasteiger charge is -2.11. The van der Waals surface area contributed by atoms with Crippen molar-refractivity contribution >= 4 is 11.0 Å². The van der Waals surface area contributed by atoms with Crippen LogP contribution in [0, 0.1) is 13.8 Å². The van der Waals surface area contributed by atoms with Crippen molar-refractivity contribution < 1.29 is 5.11 Å². The molecule has 0 bridgehead atoms. The number of pyridine rings is 2. The van der Waals surface area contributed by atoms with E-state index in [9.17, 15) is 5.11 Å². The van der Waals surface area contributed by atoms with E-state index in [0.717, 1.165) is 35.2 Å². The Morgan fingerprint density at radius 1 is 0.952 bits per heavy atom. The van der Waals surface area contributed by atoms with Crippen LogP contribution in [0.3, 0.4) is 0 Å². The van der Waals surface area contributed by atoms with Gasteiger partial charge in [0.05, 0.1) is 5.39 Å². The minimum atomic E-state index is 0.374. The van der Waals surface area contributed by atoms with Gasteiger partial charge in [-0.3, -0.25) is 0 Å². The summed E-state index contributed by atoms with van der Waals surface area (Å²) in [6.45, 7) is 6.14. The number of nitrogens with zero attached hydrogens (tertiary/aromatic N) is 2. The maximum absolute atomic E-state index is 10.5. The highest BCUT2D eigenvalue weighted by molar-refractivity contribution is 5.83. The zero-order chi connectivity index (χ0) is 15.2.